The van der Waals surface area contributed by atoms with E-state index in [1.807, 2.05) is 49.9 Å². The summed E-state index contributed by atoms with van der Waals surface area (Å²) in [7, 11) is 1.57. The Hall–Kier alpha value is -4.52. The zero-order valence-electron chi connectivity index (χ0n) is 25.9. The summed E-state index contributed by atoms with van der Waals surface area (Å²) in [5, 5.41) is 7.03. The van der Waals surface area contributed by atoms with Gasteiger partial charge in [-0.1, -0.05) is 41.6 Å². The summed E-state index contributed by atoms with van der Waals surface area (Å²) in [4.78, 5) is 43.9. The number of para-hydroxylation sites is 1. The Morgan fingerprint density at radius 2 is 2.00 bits per heavy atom. The van der Waals surface area contributed by atoms with E-state index in [4.69, 9.17) is 31.0 Å². The first-order valence-electron chi connectivity index (χ1n) is 14.8. The molecule has 3 atom stereocenters. The molecule has 0 spiro atoms. The number of pyridine rings is 2. The number of carbonyl (C=O) groups is 2. The van der Waals surface area contributed by atoms with E-state index in [1.165, 1.54) is 23.6 Å². The Morgan fingerprint density at radius 3 is 2.76 bits per heavy atom. The third-order valence-corrected chi connectivity index (χ3v) is 9.49. The summed E-state index contributed by atoms with van der Waals surface area (Å²) in [6, 6.07) is 11.2. The third kappa shape index (κ3) is 6.15. The first-order chi connectivity index (χ1) is 22.2. The molecule has 1 fully saturated rings. The van der Waals surface area contributed by atoms with Crippen molar-refractivity contribution in [3.8, 4) is 17.0 Å². The molecule has 1 saturated heterocycles. The lowest BCUT2D eigenvalue weighted by molar-refractivity contribution is -0.127. The second kappa shape index (κ2) is 13.1. The van der Waals surface area contributed by atoms with E-state index in [9.17, 15) is 9.59 Å². The number of methoxy groups -OCH3 is 1. The molecule has 4 aromatic rings. The average Bonchev–Trinajstić information content (AvgIpc) is 3.50. The fourth-order valence-electron chi connectivity index (χ4n) is 5.81. The van der Waals surface area contributed by atoms with Crippen molar-refractivity contribution in [1.29, 1.82) is 0 Å². The molecular formula is C33H34ClN7O4S. The van der Waals surface area contributed by atoms with Crippen molar-refractivity contribution < 1.29 is 19.1 Å². The van der Waals surface area contributed by atoms with Crippen LogP contribution in [0.25, 0.3) is 11.3 Å². The second-order valence-electron chi connectivity index (χ2n) is 11.2. The number of anilines is 4. The van der Waals surface area contributed by atoms with E-state index in [2.05, 4.69) is 33.2 Å². The highest BCUT2D eigenvalue weighted by molar-refractivity contribution is 7.17. The smallest absolute Gasteiger partial charge is 0.267 e. The molecule has 5 heterocycles. The monoisotopic (exact) mass is 659 g/mol. The van der Waals surface area contributed by atoms with Crippen molar-refractivity contribution in [2.45, 2.75) is 39.0 Å². The number of aryl methyl sites for hydroxylation is 1. The lowest BCUT2D eigenvalue weighted by Gasteiger charge is -2.43. The maximum absolute atomic E-state index is 13.0. The normalized spacial score (nSPS) is 19.0. The highest BCUT2D eigenvalue weighted by Gasteiger charge is 2.39. The molecule has 46 heavy (non-hydrogen) atoms. The second-order valence-corrected chi connectivity index (χ2v) is 12.6. The highest BCUT2D eigenvalue weighted by atomic mass is 35.5. The number of nitrogens with zero attached hydrogens (tertiary/aromatic N) is 5. The number of nitrogens with one attached hydrogen (secondary N) is 2. The van der Waals surface area contributed by atoms with Crippen molar-refractivity contribution >= 4 is 57.2 Å². The number of fused-ring (bicyclic) bond motifs is 3. The van der Waals surface area contributed by atoms with Gasteiger partial charge in [0.2, 0.25) is 5.91 Å². The van der Waals surface area contributed by atoms with E-state index in [1.54, 1.807) is 19.4 Å². The lowest BCUT2D eigenvalue weighted by Crippen LogP contribution is -2.58. The van der Waals surface area contributed by atoms with Crippen LogP contribution in [0.5, 0.6) is 5.75 Å². The van der Waals surface area contributed by atoms with Gasteiger partial charge in [0.05, 0.1) is 48.0 Å². The summed E-state index contributed by atoms with van der Waals surface area (Å²) < 4.78 is 12.0. The summed E-state index contributed by atoms with van der Waals surface area (Å²) in [5.74, 6) is 1.42. The third-order valence-electron chi connectivity index (χ3n) is 8.26. The van der Waals surface area contributed by atoms with Gasteiger partial charge in [-0.3, -0.25) is 9.59 Å². The molecule has 2 aliphatic rings. The van der Waals surface area contributed by atoms with Gasteiger partial charge in [-0.15, -0.1) is 0 Å². The number of hydrogen-bond donors (Lipinski definition) is 2. The molecule has 13 heteroatoms. The molecule has 2 N–H and O–H groups in total. The van der Waals surface area contributed by atoms with Crippen molar-refractivity contribution in [2.75, 3.05) is 42.3 Å². The van der Waals surface area contributed by atoms with Crippen LogP contribution in [-0.2, 0) is 9.53 Å². The molecule has 6 rings (SSSR count). The fourth-order valence-corrected chi connectivity index (χ4v) is 6.79. The van der Waals surface area contributed by atoms with Crippen LogP contribution in [0.2, 0.25) is 5.02 Å². The van der Waals surface area contributed by atoms with Crippen molar-refractivity contribution in [2.24, 2.45) is 0 Å². The van der Waals surface area contributed by atoms with E-state index in [-0.39, 0.29) is 30.1 Å². The number of aromatic nitrogens is 3. The van der Waals surface area contributed by atoms with Gasteiger partial charge in [-0.25, -0.2) is 15.0 Å². The quantitative estimate of drug-likeness (QED) is 0.222. The first-order valence-corrected chi connectivity index (χ1v) is 16.0. The van der Waals surface area contributed by atoms with Gasteiger partial charge in [-0.2, -0.15) is 0 Å². The number of halogens is 1. The van der Waals surface area contributed by atoms with E-state index in [0.717, 1.165) is 22.5 Å². The number of piperazine rings is 1. The molecule has 0 saturated carbocycles. The average molecular weight is 660 g/mol. The fraction of sp³-hybridized carbons (Fsp3) is 0.303. The molecule has 2 amide bonds. The summed E-state index contributed by atoms with van der Waals surface area (Å²) in [5.41, 5.74) is 3.86. The Labute approximate surface area is 276 Å². The van der Waals surface area contributed by atoms with Crippen LogP contribution in [0.1, 0.15) is 40.8 Å². The molecule has 238 valence electrons. The number of hydrogen-bond acceptors (Lipinski definition) is 10. The number of amides is 2. The van der Waals surface area contributed by atoms with Crippen LogP contribution < -0.4 is 20.3 Å². The molecule has 3 aromatic heterocycles. The van der Waals surface area contributed by atoms with Gasteiger partial charge >= 0.3 is 0 Å². The van der Waals surface area contributed by atoms with Gasteiger partial charge in [-0.05, 0) is 56.7 Å². The van der Waals surface area contributed by atoms with Gasteiger partial charge in [0, 0.05) is 37.0 Å². The topological polar surface area (TPSA) is 122 Å². The minimum Gasteiger partial charge on any atom is -0.493 e. The zero-order valence-corrected chi connectivity index (χ0v) is 27.5. The van der Waals surface area contributed by atoms with Gasteiger partial charge in [0.15, 0.2) is 16.7 Å². The van der Waals surface area contributed by atoms with Gasteiger partial charge in [0.1, 0.15) is 10.7 Å². The maximum Gasteiger partial charge on any atom is 0.267 e. The largest absolute Gasteiger partial charge is 0.493 e. The van der Waals surface area contributed by atoms with Crippen molar-refractivity contribution in [3.63, 3.8) is 0 Å². The molecule has 0 bridgehead atoms. The molecule has 3 unspecified atom stereocenters. The predicted octanol–water partition coefficient (Wildman–Crippen LogP) is 6.25. The molecular weight excluding hydrogens is 626 g/mol. The molecule has 2 aliphatic heterocycles. The van der Waals surface area contributed by atoms with Crippen LogP contribution >= 0.6 is 22.9 Å². The van der Waals surface area contributed by atoms with E-state index >= 15 is 0 Å². The summed E-state index contributed by atoms with van der Waals surface area (Å²) in [6.45, 7) is 11.3. The minimum absolute atomic E-state index is 0.0337. The first kappa shape index (κ1) is 31.5. The van der Waals surface area contributed by atoms with E-state index < -0.39 is 0 Å². The molecule has 11 nitrogen and oxygen atoms in total. The SMILES string of the molecule is C=CC(=O)N1CCN2c3ncc(-c4ccc(OC)c(Nc5ncc(C(=O)Nc6c(C)cccc6Cl)s5)n4)cc3C(C)OC(C)C2C1. The minimum atomic E-state index is -0.312. The number of rotatable bonds is 7. The lowest BCUT2D eigenvalue weighted by atomic mass is 10.0. The summed E-state index contributed by atoms with van der Waals surface area (Å²) >= 11 is 7.48. The van der Waals surface area contributed by atoms with Crippen LogP contribution in [0.15, 0.2) is 61.4 Å². The standard InChI is InChI=1S/C33H34ClN7O4S/c1-6-28(42)40-12-13-41-25(17-40)20(4)45-19(3)22-14-21(15-35-31(22)41)24-10-11-26(44-5)30(37-24)39-33-36-16-27(46-33)32(43)38-29-18(2)8-7-9-23(29)34/h6-11,14-16,19-20,25H,1,12-13,17H2,2-5H3,(H,38,43)(H,36,37,39). The Kier molecular flexibility index (Phi) is 8.94. The predicted molar refractivity (Wildman–Crippen MR) is 180 cm³/mol. The molecule has 0 aliphatic carbocycles. The van der Waals surface area contributed by atoms with Gasteiger partial charge in [0.25, 0.3) is 5.91 Å². The number of carbonyl (C=O) groups excluding carboxylic acids is 2. The number of ether oxygens (including phenoxy) is 2. The van der Waals surface area contributed by atoms with Crippen molar-refractivity contribution in [3.05, 3.63) is 82.5 Å². The van der Waals surface area contributed by atoms with Crippen LogP contribution in [0.4, 0.5) is 22.5 Å². The summed E-state index contributed by atoms with van der Waals surface area (Å²) in [6.07, 6.45) is 4.32. The van der Waals surface area contributed by atoms with Crippen LogP contribution in [0, 0.1) is 6.92 Å². The van der Waals surface area contributed by atoms with Crippen LogP contribution in [0.3, 0.4) is 0 Å². The molecule has 1 aromatic carbocycles. The Morgan fingerprint density at radius 1 is 1.17 bits per heavy atom. The van der Waals surface area contributed by atoms with Crippen LogP contribution in [-0.4, -0.2) is 70.6 Å². The Bertz CT molecular complexity index is 1790. The maximum atomic E-state index is 13.0. The highest BCUT2D eigenvalue weighted by Crippen LogP contribution is 2.39. The molecule has 0 radical (unpaired) electrons. The van der Waals surface area contributed by atoms with Crippen molar-refractivity contribution in [1.82, 2.24) is 19.9 Å². The zero-order chi connectivity index (χ0) is 32.5. The van der Waals surface area contributed by atoms with Gasteiger partial charge < -0.3 is 29.9 Å². The number of thiazole rings is 1. The Balaban J connectivity index is 1.25. The van der Waals surface area contributed by atoms with E-state index in [0.29, 0.717) is 57.6 Å². The number of benzene rings is 1.